The highest BCUT2D eigenvalue weighted by Gasteiger charge is 2.47. The van der Waals surface area contributed by atoms with Gasteiger partial charge >= 0.3 is 5.63 Å². The van der Waals surface area contributed by atoms with Crippen LogP contribution in [0.3, 0.4) is 0 Å². The third-order valence-corrected chi connectivity index (χ3v) is 3.41. The molecule has 1 aromatic heterocycles. The molecule has 0 unspecified atom stereocenters. The van der Waals surface area contributed by atoms with Crippen LogP contribution in [0.1, 0.15) is 20.3 Å². The van der Waals surface area contributed by atoms with E-state index in [9.17, 15) is 4.79 Å². The van der Waals surface area contributed by atoms with Crippen LogP contribution in [0.2, 0.25) is 0 Å². The zero-order chi connectivity index (χ0) is 13.5. The summed E-state index contributed by atoms with van der Waals surface area (Å²) in [6.07, 6.45) is 1.15. The fourth-order valence-corrected chi connectivity index (χ4v) is 2.15. The average Bonchev–Trinajstić information content (AvgIpc) is 2.96. The lowest BCUT2D eigenvalue weighted by Crippen LogP contribution is -2.07. The number of hydrogen-bond acceptors (Lipinski definition) is 4. The summed E-state index contributed by atoms with van der Waals surface area (Å²) in [6.45, 7) is 4.74. The Morgan fingerprint density at radius 2 is 2.00 bits per heavy atom. The van der Waals surface area contributed by atoms with E-state index in [0.717, 1.165) is 11.8 Å². The normalized spacial score (nSPS) is 20.4. The Hall–Kier alpha value is -1.81. The van der Waals surface area contributed by atoms with Crippen molar-refractivity contribution in [2.45, 2.75) is 32.0 Å². The van der Waals surface area contributed by atoms with E-state index >= 15 is 0 Å². The van der Waals surface area contributed by atoms with Gasteiger partial charge < -0.3 is 13.9 Å². The molecule has 0 saturated carbocycles. The molecule has 100 valence electrons. The number of benzene rings is 1. The number of rotatable bonds is 4. The fraction of sp³-hybridized carbons (Fsp3) is 0.400. The fourth-order valence-electron chi connectivity index (χ4n) is 2.15. The van der Waals surface area contributed by atoms with Gasteiger partial charge in [-0.1, -0.05) is 0 Å². The zero-order valence-electron chi connectivity index (χ0n) is 11.0. The molecule has 0 amide bonds. The smallest absolute Gasteiger partial charge is 0.336 e. The maximum Gasteiger partial charge on any atom is 0.336 e. The van der Waals surface area contributed by atoms with Gasteiger partial charge in [0, 0.05) is 23.9 Å². The van der Waals surface area contributed by atoms with Gasteiger partial charge in [-0.25, -0.2) is 4.79 Å². The van der Waals surface area contributed by atoms with E-state index in [1.165, 1.54) is 6.07 Å². The van der Waals surface area contributed by atoms with Crippen LogP contribution >= 0.6 is 0 Å². The van der Waals surface area contributed by atoms with Crippen molar-refractivity contribution in [1.82, 2.24) is 0 Å². The van der Waals surface area contributed by atoms with E-state index in [4.69, 9.17) is 13.9 Å². The number of fused-ring (bicyclic) bond motifs is 1. The number of hydrogen-bond donors (Lipinski definition) is 0. The van der Waals surface area contributed by atoms with E-state index < -0.39 is 0 Å². The summed E-state index contributed by atoms with van der Waals surface area (Å²) in [6, 6.07) is 8.66. The summed E-state index contributed by atoms with van der Waals surface area (Å²) < 4.78 is 16.3. The quantitative estimate of drug-likeness (QED) is 0.626. The predicted molar refractivity (Wildman–Crippen MR) is 71.5 cm³/mol. The molecule has 4 nitrogen and oxygen atoms in total. The van der Waals surface area contributed by atoms with E-state index in [1.54, 1.807) is 12.1 Å². The summed E-state index contributed by atoms with van der Waals surface area (Å²) in [5.41, 5.74) is 0.199. The van der Waals surface area contributed by atoms with Gasteiger partial charge in [-0.3, -0.25) is 0 Å². The van der Waals surface area contributed by atoms with Crippen LogP contribution in [0.4, 0.5) is 0 Å². The van der Waals surface area contributed by atoms with Crippen molar-refractivity contribution in [3.63, 3.8) is 0 Å². The van der Waals surface area contributed by atoms with Crippen LogP contribution in [-0.2, 0) is 4.74 Å². The molecular weight excluding hydrogens is 244 g/mol. The Morgan fingerprint density at radius 3 is 2.74 bits per heavy atom. The Morgan fingerprint density at radius 1 is 1.26 bits per heavy atom. The van der Waals surface area contributed by atoms with Crippen LogP contribution in [0.15, 0.2) is 39.5 Å². The van der Waals surface area contributed by atoms with Crippen LogP contribution < -0.4 is 10.4 Å². The first kappa shape index (κ1) is 12.2. The second kappa shape index (κ2) is 4.38. The Labute approximate surface area is 110 Å². The molecule has 0 bridgehead atoms. The van der Waals surface area contributed by atoms with Crippen molar-refractivity contribution in [1.29, 1.82) is 0 Å². The van der Waals surface area contributed by atoms with Crippen LogP contribution in [0, 0.1) is 0 Å². The largest absolute Gasteiger partial charge is 0.493 e. The SMILES string of the molecule is CC1(C)O[C@H]1CCOc1ccc2ccc(=O)oc2c1. The lowest BCUT2D eigenvalue weighted by atomic mass is 10.1. The van der Waals surface area contributed by atoms with Crippen molar-refractivity contribution in [2.24, 2.45) is 0 Å². The first-order valence-corrected chi connectivity index (χ1v) is 6.39. The number of ether oxygens (including phenoxy) is 2. The van der Waals surface area contributed by atoms with Gasteiger partial charge in [0.05, 0.1) is 18.3 Å². The molecule has 1 aromatic carbocycles. The van der Waals surface area contributed by atoms with Crippen LogP contribution in [-0.4, -0.2) is 18.3 Å². The molecule has 0 N–H and O–H groups in total. The van der Waals surface area contributed by atoms with Crippen molar-refractivity contribution in [3.8, 4) is 5.75 Å². The summed E-state index contributed by atoms with van der Waals surface area (Å²) >= 11 is 0. The molecule has 19 heavy (non-hydrogen) atoms. The summed E-state index contributed by atoms with van der Waals surface area (Å²) in [5.74, 6) is 0.709. The molecule has 1 aliphatic heterocycles. The van der Waals surface area contributed by atoms with Crippen molar-refractivity contribution >= 4 is 11.0 Å². The molecule has 0 radical (unpaired) electrons. The molecule has 1 aliphatic rings. The summed E-state index contributed by atoms with van der Waals surface area (Å²) in [5, 5.41) is 0.888. The van der Waals surface area contributed by atoms with Gasteiger partial charge in [0.1, 0.15) is 11.3 Å². The highest BCUT2D eigenvalue weighted by atomic mass is 16.6. The van der Waals surface area contributed by atoms with Crippen molar-refractivity contribution < 1.29 is 13.9 Å². The highest BCUT2D eigenvalue weighted by Crippen LogP contribution is 2.37. The van der Waals surface area contributed by atoms with Gasteiger partial charge in [0.25, 0.3) is 0 Å². The molecule has 0 aliphatic carbocycles. The minimum Gasteiger partial charge on any atom is -0.493 e. The van der Waals surface area contributed by atoms with E-state index in [0.29, 0.717) is 17.9 Å². The zero-order valence-corrected chi connectivity index (χ0v) is 11.0. The van der Waals surface area contributed by atoms with Crippen molar-refractivity contribution in [2.75, 3.05) is 6.61 Å². The van der Waals surface area contributed by atoms with E-state index in [2.05, 4.69) is 13.8 Å². The second-order valence-corrected chi connectivity index (χ2v) is 5.30. The van der Waals surface area contributed by atoms with Crippen LogP contribution in [0.25, 0.3) is 11.0 Å². The molecule has 2 aromatic rings. The maximum atomic E-state index is 11.2. The second-order valence-electron chi connectivity index (χ2n) is 5.30. The van der Waals surface area contributed by atoms with Gasteiger partial charge in [-0.15, -0.1) is 0 Å². The topological polar surface area (TPSA) is 52.0 Å². The number of epoxide rings is 1. The molecule has 1 atom stereocenters. The minimum absolute atomic E-state index is 0.000459. The summed E-state index contributed by atoms with van der Waals surface area (Å²) in [4.78, 5) is 11.2. The molecule has 2 heterocycles. The molecule has 4 heteroatoms. The first-order chi connectivity index (χ1) is 9.04. The lowest BCUT2D eigenvalue weighted by Gasteiger charge is -2.06. The minimum atomic E-state index is -0.349. The van der Waals surface area contributed by atoms with Crippen LogP contribution in [0.5, 0.6) is 5.75 Å². The third-order valence-electron chi connectivity index (χ3n) is 3.41. The Kier molecular flexibility index (Phi) is 2.82. The summed E-state index contributed by atoms with van der Waals surface area (Å²) in [7, 11) is 0. The Balaban J connectivity index is 1.66. The molecular formula is C15H16O4. The lowest BCUT2D eigenvalue weighted by molar-refractivity contribution is 0.274. The van der Waals surface area contributed by atoms with E-state index in [1.807, 2.05) is 12.1 Å². The standard InChI is InChI=1S/C15H16O4/c1-15(2)13(19-15)7-8-17-11-5-3-10-4-6-14(16)18-12(10)9-11/h3-6,9,13H,7-8H2,1-2H3/t13-/m0/s1. The Bertz CT molecular complexity index is 656. The highest BCUT2D eigenvalue weighted by molar-refractivity contribution is 5.77. The molecule has 3 rings (SSSR count). The van der Waals surface area contributed by atoms with Crippen molar-refractivity contribution in [3.05, 3.63) is 40.8 Å². The molecule has 0 spiro atoms. The third kappa shape index (κ3) is 2.63. The average molecular weight is 260 g/mol. The molecule has 1 fully saturated rings. The van der Waals surface area contributed by atoms with E-state index in [-0.39, 0.29) is 17.3 Å². The van der Waals surface area contributed by atoms with Gasteiger partial charge in [-0.05, 0) is 32.0 Å². The predicted octanol–water partition coefficient (Wildman–Crippen LogP) is 2.74. The van der Waals surface area contributed by atoms with Gasteiger partial charge in [-0.2, -0.15) is 0 Å². The van der Waals surface area contributed by atoms with Gasteiger partial charge in [0.2, 0.25) is 0 Å². The van der Waals surface area contributed by atoms with Gasteiger partial charge in [0.15, 0.2) is 0 Å². The maximum absolute atomic E-state index is 11.2. The monoisotopic (exact) mass is 260 g/mol. The first-order valence-electron chi connectivity index (χ1n) is 6.39. The molecule has 1 saturated heterocycles.